The van der Waals surface area contributed by atoms with E-state index in [-0.39, 0.29) is 10.9 Å². The second-order valence-electron chi connectivity index (χ2n) is 4.02. The first-order valence-electron chi connectivity index (χ1n) is 5.52. The SMILES string of the molecule is Cc1cc(Cl)nc(Cl)c1NCc1c(O)cccc1Cl. The van der Waals surface area contributed by atoms with Crippen LogP contribution in [0.4, 0.5) is 5.69 Å². The molecule has 0 unspecified atom stereocenters. The summed E-state index contributed by atoms with van der Waals surface area (Å²) in [6.45, 7) is 2.21. The first kappa shape index (κ1) is 14.3. The van der Waals surface area contributed by atoms with Gasteiger partial charge in [0.05, 0.1) is 5.69 Å². The zero-order valence-corrected chi connectivity index (χ0v) is 12.3. The van der Waals surface area contributed by atoms with E-state index in [1.54, 1.807) is 24.3 Å². The van der Waals surface area contributed by atoms with E-state index in [0.29, 0.717) is 28.0 Å². The third-order valence-corrected chi connectivity index (χ3v) is 3.50. The Hall–Kier alpha value is -1.16. The summed E-state index contributed by atoms with van der Waals surface area (Å²) in [4.78, 5) is 3.96. The minimum absolute atomic E-state index is 0.135. The van der Waals surface area contributed by atoms with Crippen LogP contribution >= 0.6 is 34.8 Å². The number of aryl methyl sites for hydroxylation is 1. The highest BCUT2D eigenvalue weighted by atomic mass is 35.5. The number of phenolic OH excluding ortho intramolecular Hbond substituents is 1. The number of hydrogen-bond acceptors (Lipinski definition) is 3. The summed E-state index contributed by atoms with van der Waals surface area (Å²) in [5, 5.41) is 14.0. The van der Waals surface area contributed by atoms with E-state index in [1.807, 2.05) is 6.92 Å². The Bertz CT molecular complexity index is 574. The van der Waals surface area contributed by atoms with Crippen molar-refractivity contribution < 1.29 is 5.11 Å². The fourth-order valence-corrected chi connectivity index (χ4v) is 2.54. The largest absolute Gasteiger partial charge is 0.508 e. The van der Waals surface area contributed by atoms with Crippen LogP contribution in [0.3, 0.4) is 0 Å². The summed E-state index contributed by atoms with van der Waals surface area (Å²) in [6, 6.07) is 6.69. The number of nitrogens with zero attached hydrogens (tertiary/aromatic N) is 1. The average molecular weight is 318 g/mol. The lowest BCUT2D eigenvalue weighted by molar-refractivity contribution is 0.469. The van der Waals surface area contributed by atoms with E-state index in [4.69, 9.17) is 34.8 Å². The molecule has 1 heterocycles. The summed E-state index contributed by atoms with van der Waals surface area (Å²) in [5.41, 5.74) is 2.15. The molecule has 0 atom stereocenters. The number of aromatic nitrogens is 1. The van der Waals surface area contributed by atoms with Crippen LogP contribution < -0.4 is 5.32 Å². The Morgan fingerprint density at radius 3 is 2.63 bits per heavy atom. The molecule has 0 saturated carbocycles. The van der Waals surface area contributed by atoms with E-state index in [0.717, 1.165) is 5.56 Å². The van der Waals surface area contributed by atoms with Crippen LogP contribution in [0.15, 0.2) is 24.3 Å². The van der Waals surface area contributed by atoms with Gasteiger partial charge in [-0.3, -0.25) is 0 Å². The lowest BCUT2D eigenvalue weighted by Crippen LogP contribution is -2.03. The molecule has 19 heavy (non-hydrogen) atoms. The third kappa shape index (κ3) is 3.24. The van der Waals surface area contributed by atoms with Crippen LogP contribution in [0.2, 0.25) is 15.3 Å². The first-order chi connectivity index (χ1) is 8.99. The number of halogens is 3. The monoisotopic (exact) mass is 316 g/mol. The van der Waals surface area contributed by atoms with Gasteiger partial charge in [-0.05, 0) is 30.7 Å². The van der Waals surface area contributed by atoms with Crippen molar-refractivity contribution in [1.82, 2.24) is 4.98 Å². The molecule has 0 amide bonds. The van der Waals surface area contributed by atoms with Crippen molar-refractivity contribution in [3.63, 3.8) is 0 Å². The summed E-state index contributed by atoms with van der Waals surface area (Å²) in [5.74, 6) is 0.135. The number of hydrogen-bond donors (Lipinski definition) is 2. The molecule has 1 aromatic heterocycles. The number of nitrogens with one attached hydrogen (secondary N) is 1. The molecule has 6 heteroatoms. The standard InChI is InChI=1S/C13H11Cl3N2O/c1-7-5-11(15)18-13(16)12(7)17-6-8-9(14)3-2-4-10(8)19/h2-5,17,19H,6H2,1H3. The third-order valence-electron chi connectivity index (χ3n) is 2.68. The van der Waals surface area contributed by atoms with Gasteiger partial charge in [0.25, 0.3) is 0 Å². The first-order valence-corrected chi connectivity index (χ1v) is 6.65. The van der Waals surface area contributed by atoms with Crippen LogP contribution in [-0.2, 0) is 6.54 Å². The highest BCUT2D eigenvalue weighted by molar-refractivity contribution is 6.34. The van der Waals surface area contributed by atoms with Crippen molar-refractivity contribution in [3.05, 3.63) is 50.7 Å². The Labute approximate surface area is 126 Å². The van der Waals surface area contributed by atoms with Crippen molar-refractivity contribution in [2.45, 2.75) is 13.5 Å². The van der Waals surface area contributed by atoms with Crippen molar-refractivity contribution in [3.8, 4) is 5.75 Å². The lowest BCUT2D eigenvalue weighted by atomic mass is 10.2. The molecule has 3 nitrogen and oxygen atoms in total. The van der Waals surface area contributed by atoms with Crippen molar-refractivity contribution in [2.24, 2.45) is 0 Å². The van der Waals surface area contributed by atoms with Gasteiger partial charge in [0.15, 0.2) is 5.15 Å². The molecule has 0 bridgehead atoms. The molecule has 0 radical (unpaired) electrons. The summed E-state index contributed by atoms with van der Waals surface area (Å²) >= 11 is 17.9. The molecule has 0 spiro atoms. The van der Waals surface area contributed by atoms with Crippen LogP contribution in [-0.4, -0.2) is 10.1 Å². The minimum atomic E-state index is 0.135. The Morgan fingerprint density at radius 2 is 2.00 bits per heavy atom. The van der Waals surface area contributed by atoms with Crippen molar-refractivity contribution in [2.75, 3.05) is 5.32 Å². The summed E-state index contributed by atoms with van der Waals surface area (Å²) in [7, 11) is 0. The fraction of sp³-hybridized carbons (Fsp3) is 0.154. The number of pyridine rings is 1. The Kier molecular flexibility index (Phi) is 4.40. The van der Waals surface area contributed by atoms with E-state index in [9.17, 15) is 5.11 Å². The predicted molar refractivity (Wildman–Crippen MR) is 79.4 cm³/mol. The van der Waals surface area contributed by atoms with Gasteiger partial charge in [-0.15, -0.1) is 0 Å². The molecule has 0 aliphatic rings. The van der Waals surface area contributed by atoms with Crippen LogP contribution in [0.1, 0.15) is 11.1 Å². The van der Waals surface area contributed by atoms with Gasteiger partial charge in [0.1, 0.15) is 10.9 Å². The van der Waals surface area contributed by atoms with E-state index < -0.39 is 0 Å². The smallest absolute Gasteiger partial charge is 0.154 e. The highest BCUT2D eigenvalue weighted by Crippen LogP contribution is 2.30. The van der Waals surface area contributed by atoms with Crippen LogP contribution in [0, 0.1) is 6.92 Å². The zero-order chi connectivity index (χ0) is 14.0. The maximum absolute atomic E-state index is 9.76. The van der Waals surface area contributed by atoms with E-state index in [1.165, 1.54) is 0 Å². The molecular weight excluding hydrogens is 307 g/mol. The maximum Gasteiger partial charge on any atom is 0.154 e. The van der Waals surface area contributed by atoms with Gasteiger partial charge in [0.2, 0.25) is 0 Å². The van der Waals surface area contributed by atoms with Crippen molar-refractivity contribution in [1.29, 1.82) is 0 Å². The highest BCUT2D eigenvalue weighted by Gasteiger charge is 2.10. The Morgan fingerprint density at radius 1 is 1.26 bits per heavy atom. The molecule has 0 saturated heterocycles. The molecule has 0 aliphatic heterocycles. The number of anilines is 1. The van der Waals surface area contributed by atoms with Gasteiger partial charge in [0, 0.05) is 17.1 Å². The van der Waals surface area contributed by atoms with E-state index >= 15 is 0 Å². The second-order valence-corrected chi connectivity index (χ2v) is 5.17. The quantitative estimate of drug-likeness (QED) is 0.809. The summed E-state index contributed by atoms with van der Waals surface area (Å²) < 4.78 is 0. The van der Waals surface area contributed by atoms with Gasteiger partial charge >= 0.3 is 0 Å². The van der Waals surface area contributed by atoms with E-state index in [2.05, 4.69) is 10.3 Å². The molecule has 2 aromatic rings. The number of rotatable bonds is 3. The lowest BCUT2D eigenvalue weighted by Gasteiger charge is -2.13. The van der Waals surface area contributed by atoms with Gasteiger partial charge in [-0.25, -0.2) is 4.98 Å². The second kappa shape index (κ2) is 5.87. The molecular formula is C13H11Cl3N2O. The van der Waals surface area contributed by atoms with Crippen molar-refractivity contribution >= 4 is 40.5 Å². The topological polar surface area (TPSA) is 45.2 Å². The average Bonchev–Trinajstić information content (AvgIpc) is 2.31. The van der Waals surface area contributed by atoms with Gasteiger partial charge in [-0.2, -0.15) is 0 Å². The maximum atomic E-state index is 9.76. The number of phenols is 1. The molecule has 1 aromatic carbocycles. The van der Waals surface area contributed by atoms with Crippen LogP contribution in [0.5, 0.6) is 5.75 Å². The minimum Gasteiger partial charge on any atom is -0.508 e. The molecule has 0 fully saturated rings. The number of benzene rings is 1. The van der Waals surface area contributed by atoms with Gasteiger partial charge in [-0.1, -0.05) is 40.9 Å². The molecule has 2 rings (SSSR count). The normalized spacial score (nSPS) is 10.5. The number of aromatic hydroxyl groups is 1. The summed E-state index contributed by atoms with van der Waals surface area (Å²) in [6.07, 6.45) is 0. The van der Waals surface area contributed by atoms with Gasteiger partial charge < -0.3 is 10.4 Å². The zero-order valence-electron chi connectivity index (χ0n) is 10.0. The predicted octanol–water partition coefficient (Wildman–Crippen LogP) is 4.67. The Balaban J connectivity index is 2.24. The molecule has 2 N–H and O–H groups in total. The molecule has 0 aliphatic carbocycles. The fourth-order valence-electron chi connectivity index (χ4n) is 1.71. The van der Waals surface area contributed by atoms with Crippen LogP contribution in [0.25, 0.3) is 0 Å². The molecule has 100 valence electrons.